The van der Waals surface area contributed by atoms with E-state index in [1.165, 1.54) is 13.3 Å². The van der Waals surface area contributed by atoms with Gasteiger partial charge < -0.3 is 9.47 Å². The van der Waals surface area contributed by atoms with Crippen molar-refractivity contribution in [1.82, 2.24) is 5.43 Å². The van der Waals surface area contributed by atoms with Crippen LogP contribution in [0.1, 0.15) is 31.8 Å². The van der Waals surface area contributed by atoms with Gasteiger partial charge in [0, 0.05) is 5.56 Å². The molecule has 0 radical (unpaired) electrons. The lowest BCUT2D eigenvalue weighted by atomic mass is 10.1. The lowest BCUT2D eigenvalue weighted by Gasteiger charge is -2.06. The zero-order valence-electron chi connectivity index (χ0n) is 16.1. The Kier molecular flexibility index (Phi) is 6.37. The fraction of sp³-hybridized carbons (Fsp3) is 0.0870. The second-order valence-electron chi connectivity index (χ2n) is 6.20. The summed E-state index contributed by atoms with van der Waals surface area (Å²) in [5.74, 6) is 0.271. The SMILES string of the molecule is COc1cccc(C(=O)N/N=C/c2ccc(OC(=O)c3ccccc3C)cc2)c1. The summed E-state index contributed by atoms with van der Waals surface area (Å²) in [5.41, 5.74) is 5.03. The molecular weight excluding hydrogens is 368 g/mol. The minimum absolute atomic E-state index is 0.344. The number of amides is 1. The number of carbonyl (C=O) groups is 2. The molecule has 0 aliphatic heterocycles. The van der Waals surface area contributed by atoms with Crippen LogP contribution >= 0.6 is 0 Å². The van der Waals surface area contributed by atoms with E-state index in [9.17, 15) is 9.59 Å². The highest BCUT2D eigenvalue weighted by molar-refractivity contribution is 5.95. The first-order valence-electron chi connectivity index (χ1n) is 8.92. The Morgan fingerprint density at radius 3 is 2.41 bits per heavy atom. The Morgan fingerprint density at radius 1 is 0.931 bits per heavy atom. The third kappa shape index (κ3) is 5.29. The van der Waals surface area contributed by atoms with E-state index in [1.54, 1.807) is 60.7 Å². The second-order valence-corrected chi connectivity index (χ2v) is 6.20. The van der Waals surface area contributed by atoms with E-state index in [0.717, 1.165) is 11.1 Å². The number of nitrogens with zero attached hydrogens (tertiary/aromatic N) is 1. The Bertz CT molecular complexity index is 1040. The minimum Gasteiger partial charge on any atom is -0.497 e. The molecule has 0 aromatic heterocycles. The Morgan fingerprint density at radius 2 is 1.69 bits per heavy atom. The predicted octanol–water partition coefficient (Wildman–Crippen LogP) is 3.99. The summed E-state index contributed by atoms with van der Waals surface area (Å²) in [4.78, 5) is 24.3. The van der Waals surface area contributed by atoms with Crippen LogP contribution in [0.5, 0.6) is 11.5 Å². The highest BCUT2D eigenvalue weighted by Crippen LogP contribution is 2.16. The molecule has 6 nitrogen and oxygen atoms in total. The molecule has 1 amide bonds. The second kappa shape index (κ2) is 9.32. The van der Waals surface area contributed by atoms with E-state index in [1.807, 2.05) is 19.1 Å². The molecule has 3 aromatic rings. The highest BCUT2D eigenvalue weighted by Gasteiger charge is 2.10. The molecule has 0 spiro atoms. The molecule has 1 N–H and O–H groups in total. The van der Waals surface area contributed by atoms with E-state index in [2.05, 4.69) is 10.5 Å². The molecule has 0 aliphatic rings. The van der Waals surface area contributed by atoms with Gasteiger partial charge >= 0.3 is 5.97 Å². The van der Waals surface area contributed by atoms with Gasteiger partial charge in [-0.3, -0.25) is 4.79 Å². The Labute approximate surface area is 168 Å². The van der Waals surface area contributed by atoms with Crippen molar-refractivity contribution in [2.24, 2.45) is 5.10 Å². The predicted molar refractivity (Wildman–Crippen MR) is 111 cm³/mol. The molecule has 0 atom stereocenters. The van der Waals surface area contributed by atoms with E-state index >= 15 is 0 Å². The zero-order chi connectivity index (χ0) is 20.6. The van der Waals surface area contributed by atoms with Crippen molar-refractivity contribution < 1.29 is 19.1 Å². The summed E-state index contributed by atoms with van der Waals surface area (Å²) in [7, 11) is 1.54. The van der Waals surface area contributed by atoms with Crippen molar-refractivity contribution in [2.45, 2.75) is 6.92 Å². The van der Waals surface area contributed by atoms with Crippen LogP contribution in [0.3, 0.4) is 0 Å². The number of hydrazone groups is 1. The number of methoxy groups -OCH3 is 1. The maximum atomic E-state index is 12.2. The van der Waals surface area contributed by atoms with Crippen LogP contribution in [0.25, 0.3) is 0 Å². The van der Waals surface area contributed by atoms with Gasteiger partial charge in [-0.2, -0.15) is 5.10 Å². The van der Waals surface area contributed by atoms with Gasteiger partial charge in [0.05, 0.1) is 18.9 Å². The topological polar surface area (TPSA) is 77.0 Å². The number of carbonyl (C=O) groups excluding carboxylic acids is 2. The van der Waals surface area contributed by atoms with Crippen molar-refractivity contribution >= 4 is 18.1 Å². The zero-order valence-corrected chi connectivity index (χ0v) is 16.1. The molecule has 3 aromatic carbocycles. The van der Waals surface area contributed by atoms with Crippen molar-refractivity contribution in [3.05, 3.63) is 95.1 Å². The molecule has 0 bridgehead atoms. The minimum atomic E-state index is -0.407. The van der Waals surface area contributed by atoms with Gasteiger partial charge in [0.25, 0.3) is 5.91 Å². The number of rotatable bonds is 6. The quantitative estimate of drug-likeness (QED) is 0.300. The van der Waals surface area contributed by atoms with E-state index in [0.29, 0.717) is 22.6 Å². The summed E-state index contributed by atoms with van der Waals surface area (Å²) in [6.07, 6.45) is 1.50. The first-order valence-corrected chi connectivity index (χ1v) is 8.92. The summed E-state index contributed by atoms with van der Waals surface area (Å²) in [5, 5.41) is 3.95. The molecule has 6 heteroatoms. The van der Waals surface area contributed by atoms with Crippen LogP contribution < -0.4 is 14.9 Å². The highest BCUT2D eigenvalue weighted by atomic mass is 16.5. The number of benzene rings is 3. The summed E-state index contributed by atoms with van der Waals surface area (Å²) in [6, 6.07) is 20.8. The number of esters is 1. The molecule has 0 heterocycles. The van der Waals surface area contributed by atoms with Crippen LogP contribution in [0.15, 0.2) is 77.9 Å². The van der Waals surface area contributed by atoms with Gasteiger partial charge in [-0.25, -0.2) is 10.2 Å². The molecule has 0 saturated heterocycles. The molecular formula is C23H20N2O4. The fourth-order valence-corrected chi connectivity index (χ4v) is 2.58. The number of hydrogen-bond donors (Lipinski definition) is 1. The number of nitrogens with one attached hydrogen (secondary N) is 1. The normalized spacial score (nSPS) is 10.6. The van der Waals surface area contributed by atoms with Crippen LogP contribution in [-0.2, 0) is 0 Å². The summed E-state index contributed by atoms with van der Waals surface area (Å²) in [6.45, 7) is 1.86. The number of ether oxygens (including phenoxy) is 2. The lowest BCUT2D eigenvalue weighted by Crippen LogP contribution is -2.17. The Hall–Kier alpha value is -3.93. The average molecular weight is 388 g/mol. The lowest BCUT2D eigenvalue weighted by molar-refractivity contribution is 0.0733. The molecule has 146 valence electrons. The standard InChI is InChI=1S/C23H20N2O4/c1-16-6-3-4-9-21(16)23(27)29-19-12-10-17(11-13-19)15-24-25-22(26)18-7-5-8-20(14-18)28-2/h3-15H,1-2H3,(H,25,26)/b24-15+. The fourth-order valence-electron chi connectivity index (χ4n) is 2.58. The molecule has 29 heavy (non-hydrogen) atoms. The van der Waals surface area contributed by atoms with Gasteiger partial charge in [-0.05, 0) is 66.6 Å². The first kappa shape index (κ1) is 19.8. The maximum absolute atomic E-state index is 12.2. The molecule has 0 saturated carbocycles. The maximum Gasteiger partial charge on any atom is 0.343 e. The number of aryl methyl sites for hydroxylation is 1. The van der Waals surface area contributed by atoms with Crippen molar-refractivity contribution in [3.63, 3.8) is 0 Å². The van der Waals surface area contributed by atoms with Crippen LogP contribution in [0.4, 0.5) is 0 Å². The monoisotopic (exact) mass is 388 g/mol. The van der Waals surface area contributed by atoms with Crippen LogP contribution in [0.2, 0.25) is 0 Å². The van der Waals surface area contributed by atoms with Gasteiger partial charge in [0.15, 0.2) is 0 Å². The van der Waals surface area contributed by atoms with Gasteiger partial charge in [-0.15, -0.1) is 0 Å². The van der Waals surface area contributed by atoms with Gasteiger partial charge in [0.2, 0.25) is 0 Å². The molecule has 0 unspecified atom stereocenters. The van der Waals surface area contributed by atoms with E-state index in [4.69, 9.17) is 9.47 Å². The third-order valence-corrected chi connectivity index (χ3v) is 4.17. The van der Waals surface area contributed by atoms with Crippen molar-refractivity contribution in [2.75, 3.05) is 7.11 Å². The summed E-state index contributed by atoms with van der Waals surface area (Å²) >= 11 is 0. The van der Waals surface area contributed by atoms with Gasteiger partial charge in [0.1, 0.15) is 11.5 Å². The number of hydrogen-bond acceptors (Lipinski definition) is 5. The largest absolute Gasteiger partial charge is 0.497 e. The van der Waals surface area contributed by atoms with E-state index in [-0.39, 0.29) is 5.91 Å². The Balaban J connectivity index is 1.58. The van der Waals surface area contributed by atoms with Gasteiger partial charge in [-0.1, -0.05) is 24.3 Å². The molecule has 3 rings (SSSR count). The average Bonchev–Trinajstić information content (AvgIpc) is 2.75. The van der Waals surface area contributed by atoms with E-state index < -0.39 is 5.97 Å². The van der Waals surface area contributed by atoms with Crippen molar-refractivity contribution in [1.29, 1.82) is 0 Å². The van der Waals surface area contributed by atoms with Crippen LogP contribution in [-0.4, -0.2) is 25.2 Å². The molecule has 0 aliphatic carbocycles. The summed E-state index contributed by atoms with van der Waals surface area (Å²) < 4.78 is 10.5. The van der Waals surface area contributed by atoms with Crippen molar-refractivity contribution in [3.8, 4) is 11.5 Å². The first-order chi connectivity index (χ1) is 14.1. The smallest absolute Gasteiger partial charge is 0.343 e. The van der Waals surface area contributed by atoms with Crippen LogP contribution in [0, 0.1) is 6.92 Å². The molecule has 0 fully saturated rings. The third-order valence-electron chi connectivity index (χ3n) is 4.17.